The van der Waals surface area contributed by atoms with Crippen molar-refractivity contribution in [2.24, 2.45) is 5.92 Å². The van der Waals surface area contributed by atoms with Crippen LogP contribution in [-0.2, 0) is 0 Å². The summed E-state index contributed by atoms with van der Waals surface area (Å²) in [5.41, 5.74) is 0. The van der Waals surface area contributed by atoms with E-state index in [1.54, 1.807) is 0 Å². The number of likely N-dealkylation sites (tertiary alicyclic amines) is 1. The maximum atomic E-state index is 3.49. The van der Waals surface area contributed by atoms with Crippen molar-refractivity contribution in [3.8, 4) is 0 Å². The number of nitrogens with zero attached hydrogens (tertiary/aromatic N) is 1. The summed E-state index contributed by atoms with van der Waals surface area (Å²) in [7, 11) is 0. The van der Waals surface area contributed by atoms with E-state index in [4.69, 9.17) is 0 Å². The highest BCUT2D eigenvalue weighted by Crippen LogP contribution is 2.21. The van der Waals surface area contributed by atoms with Gasteiger partial charge in [-0.3, -0.25) is 0 Å². The maximum absolute atomic E-state index is 3.49. The molecule has 1 fully saturated rings. The zero-order valence-corrected chi connectivity index (χ0v) is 10.8. The summed E-state index contributed by atoms with van der Waals surface area (Å²) in [5.74, 6) is 1.01. The molecule has 0 aromatic carbocycles. The van der Waals surface area contributed by atoms with Crippen LogP contribution in [-0.4, -0.2) is 37.1 Å². The Morgan fingerprint density at radius 3 is 2.47 bits per heavy atom. The second kappa shape index (κ2) is 7.24. The molecule has 2 heteroatoms. The lowest BCUT2D eigenvalue weighted by Gasteiger charge is -2.33. The summed E-state index contributed by atoms with van der Waals surface area (Å²) in [6.45, 7) is 11.7. The third-order valence-electron chi connectivity index (χ3n) is 3.49. The Bertz CT molecular complexity index is 151. The number of likely N-dealkylation sites (N-methyl/N-ethyl adjacent to an activating group) is 1. The Morgan fingerprint density at radius 1 is 1.27 bits per heavy atom. The van der Waals surface area contributed by atoms with Crippen LogP contribution in [0.5, 0.6) is 0 Å². The normalized spacial score (nSPS) is 21.8. The van der Waals surface area contributed by atoms with Gasteiger partial charge in [0.1, 0.15) is 0 Å². The van der Waals surface area contributed by atoms with Gasteiger partial charge in [-0.2, -0.15) is 0 Å². The lowest BCUT2D eigenvalue weighted by atomic mass is 9.92. The summed E-state index contributed by atoms with van der Waals surface area (Å²) >= 11 is 0. The molecular weight excluding hydrogens is 184 g/mol. The maximum Gasteiger partial charge on any atom is 0.0166 e. The standard InChI is InChI=1S/C13H28N2/c1-4-6-13-7-9-15(10-8-13)11-12(3)14-5-2/h12-14H,4-11H2,1-3H3. The molecule has 1 heterocycles. The second-order valence-electron chi connectivity index (χ2n) is 4.99. The average Bonchev–Trinajstić information content (AvgIpc) is 2.22. The smallest absolute Gasteiger partial charge is 0.0166 e. The predicted molar refractivity (Wildman–Crippen MR) is 67.2 cm³/mol. The Labute approximate surface area is 95.4 Å². The van der Waals surface area contributed by atoms with E-state index in [0.717, 1.165) is 12.5 Å². The summed E-state index contributed by atoms with van der Waals surface area (Å²) in [6, 6.07) is 0.651. The van der Waals surface area contributed by atoms with Crippen LogP contribution < -0.4 is 5.32 Å². The molecule has 0 saturated carbocycles. The topological polar surface area (TPSA) is 15.3 Å². The largest absolute Gasteiger partial charge is 0.313 e. The van der Waals surface area contributed by atoms with Gasteiger partial charge in [0.2, 0.25) is 0 Å². The van der Waals surface area contributed by atoms with Crippen molar-refractivity contribution in [2.75, 3.05) is 26.2 Å². The third kappa shape index (κ3) is 4.98. The Morgan fingerprint density at radius 2 is 1.93 bits per heavy atom. The zero-order chi connectivity index (χ0) is 11.1. The van der Waals surface area contributed by atoms with E-state index in [9.17, 15) is 0 Å². The first-order valence-electron chi connectivity index (χ1n) is 6.72. The molecule has 0 amide bonds. The Hall–Kier alpha value is -0.0800. The van der Waals surface area contributed by atoms with Gasteiger partial charge in [0, 0.05) is 12.6 Å². The second-order valence-corrected chi connectivity index (χ2v) is 4.99. The molecule has 90 valence electrons. The van der Waals surface area contributed by atoms with Crippen LogP contribution in [0.25, 0.3) is 0 Å². The molecule has 0 bridgehead atoms. The van der Waals surface area contributed by atoms with Gasteiger partial charge in [0.15, 0.2) is 0 Å². The first kappa shape index (κ1) is 13.0. The fourth-order valence-corrected chi connectivity index (χ4v) is 2.67. The molecule has 1 saturated heterocycles. The number of rotatable bonds is 6. The van der Waals surface area contributed by atoms with Gasteiger partial charge in [-0.05, 0) is 45.3 Å². The molecule has 1 atom stereocenters. The SMILES string of the molecule is CCCC1CCN(CC(C)NCC)CC1. The van der Waals surface area contributed by atoms with Gasteiger partial charge >= 0.3 is 0 Å². The van der Waals surface area contributed by atoms with Crippen molar-refractivity contribution in [1.29, 1.82) is 0 Å². The van der Waals surface area contributed by atoms with Gasteiger partial charge in [-0.15, -0.1) is 0 Å². The highest BCUT2D eigenvalue weighted by Gasteiger charge is 2.19. The lowest BCUT2D eigenvalue weighted by molar-refractivity contribution is 0.166. The quantitative estimate of drug-likeness (QED) is 0.728. The zero-order valence-electron chi connectivity index (χ0n) is 10.8. The summed E-state index contributed by atoms with van der Waals surface area (Å²) < 4.78 is 0. The van der Waals surface area contributed by atoms with E-state index in [1.165, 1.54) is 45.3 Å². The van der Waals surface area contributed by atoms with E-state index in [0.29, 0.717) is 6.04 Å². The fraction of sp³-hybridized carbons (Fsp3) is 1.00. The molecular formula is C13H28N2. The molecule has 1 aliphatic heterocycles. The minimum atomic E-state index is 0.651. The van der Waals surface area contributed by atoms with Crippen LogP contribution in [0, 0.1) is 5.92 Å². The van der Waals surface area contributed by atoms with Crippen LogP contribution in [0.2, 0.25) is 0 Å². The Balaban J connectivity index is 2.14. The van der Waals surface area contributed by atoms with Crippen LogP contribution in [0.15, 0.2) is 0 Å². The van der Waals surface area contributed by atoms with Gasteiger partial charge in [0.25, 0.3) is 0 Å². The van der Waals surface area contributed by atoms with E-state index in [1.807, 2.05) is 0 Å². The lowest BCUT2D eigenvalue weighted by Crippen LogP contribution is -2.42. The molecule has 0 aliphatic carbocycles. The highest BCUT2D eigenvalue weighted by molar-refractivity contribution is 4.75. The molecule has 2 nitrogen and oxygen atoms in total. The highest BCUT2D eigenvalue weighted by atomic mass is 15.1. The van der Waals surface area contributed by atoms with Crippen LogP contribution in [0.3, 0.4) is 0 Å². The van der Waals surface area contributed by atoms with Crippen LogP contribution in [0.4, 0.5) is 0 Å². The molecule has 0 aromatic heterocycles. The van der Waals surface area contributed by atoms with Crippen molar-refractivity contribution in [2.45, 2.75) is 52.5 Å². The first-order valence-corrected chi connectivity index (χ1v) is 6.72. The minimum absolute atomic E-state index is 0.651. The minimum Gasteiger partial charge on any atom is -0.313 e. The van der Waals surface area contributed by atoms with E-state index in [-0.39, 0.29) is 0 Å². The number of piperidine rings is 1. The number of nitrogens with one attached hydrogen (secondary N) is 1. The van der Waals surface area contributed by atoms with Gasteiger partial charge in [-0.1, -0.05) is 26.7 Å². The first-order chi connectivity index (χ1) is 7.26. The molecule has 1 rings (SSSR count). The fourth-order valence-electron chi connectivity index (χ4n) is 2.67. The van der Waals surface area contributed by atoms with Crippen molar-refractivity contribution < 1.29 is 0 Å². The van der Waals surface area contributed by atoms with Crippen molar-refractivity contribution in [3.05, 3.63) is 0 Å². The van der Waals surface area contributed by atoms with E-state index in [2.05, 4.69) is 31.0 Å². The monoisotopic (exact) mass is 212 g/mol. The molecule has 0 radical (unpaired) electrons. The van der Waals surface area contributed by atoms with Crippen molar-refractivity contribution in [1.82, 2.24) is 10.2 Å². The van der Waals surface area contributed by atoms with Crippen LogP contribution >= 0.6 is 0 Å². The summed E-state index contributed by atoms with van der Waals surface area (Å²) in [6.07, 6.45) is 5.65. The molecule has 15 heavy (non-hydrogen) atoms. The molecule has 0 spiro atoms. The molecule has 1 aliphatic rings. The summed E-state index contributed by atoms with van der Waals surface area (Å²) in [4.78, 5) is 2.62. The van der Waals surface area contributed by atoms with Gasteiger partial charge in [0.05, 0.1) is 0 Å². The number of hydrogen-bond acceptors (Lipinski definition) is 2. The van der Waals surface area contributed by atoms with Crippen molar-refractivity contribution in [3.63, 3.8) is 0 Å². The number of hydrogen-bond donors (Lipinski definition) is 1. The van der Waals surface area contributed by atoms with Crippen molar-refractivity contribution >= 4 is 0 Å². The molecule has 1 N–H and O–H groups in total. The average molecular weight is 212 g/mol. The van der Waals surface area contributed by atoms with Crippen LogP contribution in [0.1, 0.15) is 46.5 Å². The van der Waals surface area contributed by atoms with E-state index < -0.39 is 0 Å². The molecule has 0 aromatic rings. The van der Waals surface area contributed by atoms with Gasteiger partial charge in [-0.25, -0.2) is 0 Å². The third-order valence-corrected chi connectivity index (χ3v) is 3.49. The van der Waals surface area contributed by atoms with E-state index >= 15 is 0 Å². The predicted octanol–water partition coefficient (Wildman–Crippen LogP) is 2.50. The summed E-state index contributed by atoms with van der Waals surface area (Å²) in [5, 5.41) is 3.49. The molecule has 1 unspecified atom stereocenters. The van der Waals surface area contributed by atoms with Gasteiger partial charge < -0.3 is 10.2 Å². The Kier molecular flexibility index (Phi) is 6.26.